The summed E-state index contributed by atoms with van der Waals surface area (Å²) in [6.07, 6.45) is 4.08. The van der Waals surface area contributed by atoms with E-state index in [4.69, 9.17) is 29.1 Å². The molecule has 0 spiro atoms. The lowest BCUT2D eigenvalue weighted by Gasteiger charge is -2.26. The predicted octanol–water partition coefficient (Wildman–Crippen LogP) is 6.48. The minimum Gasteiger partial charge on any atom is -0.344 e. The number of aromatic nitrogens is 2. The van der Waals surface area contributed by atoms with Crippen molar-refractivity contribution in [3.05, 3.63) is 118 Å². The Labute approximate surface area is 224 Å². The van der Waals surface area contributed by atoms with Crippen LogP contribution in [0.5, 0.6) is 0 Å². The number of halogens is 3. The number of imidazole rings is 1. The molecule has 0 saturated heterocycles. The fraction of sp³-hybridized carbons (Fsp3) is 0.179. The lowest BCUT2D eigenvalue weighted by molar-refractivity contribution is 0.401. The van der Waals surface area contributed by atoms with E-state index in [1.807, 2.05) is 35.8 Å². The summed E-state index contributed by atoms with van der Waals surface area (Å²) in [5.41, 5.74) is 4.44. The van der Waals surface area contributed by atoms with Crippen LogP contribution in [-0.2, 0) is 19.5 Å². The van der Waals surface area contributed by atoms with Crippen LogP contribution >= 0.6 is 23.8 Å². The van der Waals surface area contributed by atoms with Gasteiger partial charge in [-0.15, -0.1) is 0 Å². The van der Waals surface area contributed by atoms with Crippen LogP contribution in [0.15, 0.2) is 73.2 Å². The molecule has 0 radical (unpaired) electrons. The molecular weight excluding hydrogens is 512 g/mol. The summed E-state index contributed by atoms with van der Waals surface area (Å²) < 4.78 is 30.4. The number of hydrogen-bond donors (Lipinski definition) is 1. The highest BCUT2D eigenvalue weighted by atomic mass is 35.5. The van der Waals surface area contributed by atoms with E-state index in [0.29, 0.717) is 40.9 Å². The van der Waals surface area contributed by atoms with Gasteiger partial charge in [0.1, 0.15) is 0 Å². The van der Waals surface area contributed by atoms with Gasteiger partial charge in [-0.25, -0.2) is 13.8 Å². The normalized spacial score (nSPS) is 10.7. The molecule has 0 aliphatic rings. The summed E-state index contributed by atoms with van der Waals surface area (Å²) in [6.45, 7) is 3.01. The molecule has 0 bridgehead atoms. The van der Waals surface area contributed by atoms with Gasteiger partial charge in [-0.1, -0.05) is 41.9 Å². The van der Waals surface area contributed by atoms with Crippen molar-refractivity contribution in [2.24, 2.45) is 0 Å². The van der Waals surface area contributed by atoms with Gasteiger partial charge in [0.25, 0.3) is 0 Å². The van der Waals surface area contributed by atoms with Crippen molar-refractivity contribution in [3.63, 3.8) is 0 Å². The zero-order valence-corrected chi connectivity index (χ0v) is 21.7. The van der Waals surface area contributed by atoms with E-state index in [1.54, 1.807) is 41.7 Å². The van der Waals surface area contributed by atoms with Gasteiger partial charge in [0.2, 0.25) is 0 Å². The molecule has 0 amide bonds. The Morgan fingerprint density at radius 1 is 1.16 bits per heavy atom. The molecule has 0 atom stereocenters. The molecule has 3 aromatic carbocycles. The molecular formula is C28H24ClF2N5S. The molecule has 9 heteroatoms. The van der Waals surface area contributed by atoms with Crippen LogP contribution < -0.4 is 5.32 Å². The van der Waals surface area contributed by atoms with Gasteiger partial charge in [-0.05, 0) is 60.6 Å². The Balaban J connectivity index is 1.52. The summed E-state index contributed by atoms with van der Waals surface area (Å²) in [5.74, 6) is -1.79. The number of hydrogen-bond acceptors (Lipinski definition) is 3. The number of benzene rings is 3. The minimum atomic E-state index is -0.901. The lowest BCUT2D eigenvalue weighted by atomic mass is 10.1. The first kappa shape index (κ1) is 26.3. The number of rotatable bonds is 8. The molecule has 4 rings (SSSR count). The van der Waals surface area contributed by atoms with Crippen LogP contribution in [0.2, 0.25) is 5.02 Å². The lowest BCUT2D eigenvalue weighted by Crippen LogP contribution is -2.36. The smallest absolute Gasteiger partial charge is 0.173 e. The van der Waals surface area contributed by atoms with Crippen molar-refractivity contribution in [3.8, 4) is 6.07 Å². The summed E-state index contributed by atoms with van der Waals surface area (Å²) in [7, 11) is 0. The number of nitriles is 1. The molecule has 0 unspecified atom stereocenters. The van der Waals surface area contributed by atoms with Gasteiger partial charge in [0.15, 0.2) is 16.7 Å². The first-order chi connectivity index (χ1) is 17.8. The molecule has 5 nitrogen and oxygen atoms in total. The molecule has 0 aliphatic heterocycles. The van der Waals surface area contributed by atoms with Crippen LogP contribution in [0.25, 0.3) is 0 Å². The molecule has 1 N–H and O–H groups in total. The Morgan fingerprint density at radius 3 is 2.68 bits per heavy atom. The maximum atomic E-state index is 14.5. The average molecular weight is 536 g/mol. The fourth-order valence-corrected chi connectivity index (χ4v) is 4.29. The second-order valence-corrected chi connectivity index (χ2v) is 9.39. The fourth-order valence-electron chi connectivity index (χ4n) is 3.83. The van der Waals surface area contributed by atoms with Crippen LogP contribution in [0.3, 0.4) is 0 Å². The van der Waals surface area contributed by atoms with E-state index in [9.17, 15) is 8.78 Å². The van der Waals surface area contributed by atoms with Crippen molar-refractivity contribution in [1.29, 1.82) is 5.26 Å². The van der Waals surface area contributed by atoms with Crippen LogP contribution in [-0.4, -0.2) is 26.1 Å². The van der Waals surface area contributed by atoms with Gasteiger partial charge in [-0.2, -0.15) is 5.26 Å². The molecule has 0 aliphatic carbocycles. The van der Waals surface area contributed by atoms with Crippen LogP contribution in [0.1, 0.15) is 27.9 Å². The second kappa shape index (κ2) is 12.0. The number of nitrogens with zero attached hydrogens (tertiary/aromatic N) is 4. The largest absolute Gasteiger partial charge is 0.344 e. The van der Waals surface area contributed by atoms with E-state index in [-0.39, 0.29) is 12.1 Å². The maximum Gasteiger partial charge on any atom is 0.173 e. The van der Waals surface area contributed by atoms with E-state index in [2.05, 4.69) is 16.4 Å². The Morgan fingerprint density at radius 2 is 1.95 bits per heavy atom. The van der Waals surface area contributed by atoms with Gasteiger partial charge in [0.05, 0.1) is 18.0 Å². The number of anilines is 1. The van der Waals surface area contributed by atoms with E-state index >= 15 is 0 Å². The van der Waals surface area contributed by atoms with Crippen molar-refractivity contribution in [2.75, 3.05) is 11.9 Å². The van der Waals surface area contributed by atoms with Gasteiger partial charge < -0.3 is 14.8 Å². The van der Waals surface area contributed by atoms with E-state index in [0.717, 1.165) is 22.9 Å². The molecule has 37 heavy (non-hydrogen) atoms. The Kier molecular flexibility index (Phi) is 8.49. The number of aryl methyl sites for hydroxylation is 1. The third-order valence-electron chi connectivity index (χ3n) is 5.98. The molecule has 188 valence electrons. The SMILES string of the molecule is Cc1ccc(NC(=S)N(CCc2cncn2Cc2ccc(C#N)cc2)Cc2cccc(F)c2F)cc1Cl. The van der Waals surface area contributed by atoms with Gasteiger partial charge >= 0.3 is 0 Å². The van der Waals surface area contributed by atoms with Crippen molar-refractivity contribution in [2.45, 2.75) is 26.4 Å². The average Bonchev–Trinajstić information content (AvgIpc) is 3.33. The highest BCUT2D eigenvalue weighted by molar-refractivity contribution is 7.80. The molecule has 0 saturated carbocycles. The summed E-state index contributed by atoms with van der Waals surface area (Å²) in [5, 5.41) is 13.1. The topological polar surface area (TPSA) is 56.9 Å². The first-order valence-corrected chi connectivity index (χ1v) is 12.4. The summed E-state index contributed by atoms with van der Waals surface area (Å²) in [4.78, 5) is 6.08. The van der Waals surface area contributed by atoms with Crippen molar-refractivity contribution in [1.82, 2.24) is 14.5 Å². The molecule has 0 fully saturated rings. The van der Waals surface area contributed by atoms with E-state index in [1.165, 1.54) is 6.07 Å². The van der Waals surface area contributed by atoms with Gasteiger partial charge in [0, 0.05) is 54.2 Å². The first-order valence-electron chi connectivity index (χ1n) is 11.6. The predicted molar refractivity (Wildman–Crippen MR) is 145 cm³/mol. The molecule has 1 aromatic heterocycles. The van der Waals surface area contributed by atoms with Gasteiger partial charge in [-0.3, -0.25) is 0 Å². The second-order valence-electron chi connectivity index (χ2n) is 8.60. The monoisotopic (exact) mass is 535 g/mol. The number of nitrogens with one attached hydrogen (secondary N) is 1. The minimum absolute atomic E-state index is 0.0821. The highest BCUT2D eigenvalue weighted by Crippen LogP contribution is 2.21. The molecule has 1 heterocycles. The zero-order chi connectivity index (χ0) is 26.4. The van der Waals surface area contributed by atoms with Crippen LogP contribution in [0, 0.1) is 29.9 Å². The Bertz CT molecular complexity index is 1450. The standard InChI is InChI=1S/C28H24ClF2N5S/c1-19-5-10-23(13-25(19)29)34-28(37)35(17-22-3-2-4-26(30)27(22)31)12-11-24-15-33-18-36(24)16-21-8-6-20(14-32)7-9-21/h2-10,13,15,18H,11-12,16-17H2,1H3,(H,34,37). The van der Waals surface area contributed by atoms with Crippen molar-refractivity contribution >= 4 is 34.6 Å². The van der Waals surface area contributed by atoms with Crippen molar-refractivity contribution < 1.29 is 8.78 Å². The third kappa shape index (κ3) is 6.70. The number of thiocarbonyl (C=S) groups is 1. The summed E-state index contributed by atoms with van der Waals surface area (Å²) in [6, 6.07) is 19.1. The molecule has 4 aromatic rings. The summed E-state index contributed by atoms with van der Waals surface area (Å²) >= 11 is 11.9. The highest BCUT2D eigenvalue weighted by Gasteiger charge is 2.17. The van der Waals surface area contributed by atoms with E-state index < -0.39 is 11.6 Å². The maximum absolute atomic E-state index is 14.5. The van der Waals surface area contributed by atoms with Crippen LogP contribution in [0.4, 0.5) is 14.5 Å². The Hall–Kier alpha value is -3.80. The quantitative estimate of drug-likeness (QED) is 0.261. The zero-order valence-electron chi connectivity index (χ0n) is 20.1. The third-order valence-corrected chi connectivity index (χ3v) is 6.74.